The molecule has 8 heteroatoms. The Morgan fingerprint density at radius 3 is 2.33 bits per heavy atom. The molecule has 0 radical (unpaired) electrons. The molecule has 1 atom stereocenters. The van der Waals surface area contributed by atoms with Crippen LogP contribution in [0.15, 0.2) is 63.9 Å². The lowest BCUT2D eigenvalue weighted by Crippen LogP contribution is -2.59. The van der Waals surface area contributed by atoms with Crippen LogP contribution < -0.4 is 11.1 Å². The Labute approximate surface area is 172 Å². The van der Waals surface area contributed by atoms with Crippen LogP contribution in [0.25, 0.3) is 11.4 Å². The number of ketones is 1. The zero-order chi connectivity index (χ0) is 21.9. The highest BCUT2D eigenvalue weighted by atomic mass is 19.1. The van der Waals surface area contributed by atoms with E-state index in [-0.39, 0.29) is 18.2 Å². The minimum absolute atomic E-state index is 0.0178. The normalized spacial score (nSPS) is 13.1. The van der Waals surface area contributed by atoms with Crippen LogP contribution >= 0.6 is 0 Å². The van der Waals surface area contributed by atoms with Gasteiger partial charge in [-0.2, -0.15) is 0 Å². The first-order valence-electron chi connectivity index (χ1n) is 9.48. The van der Waals surface area contributed by atoms with Crippen LogP contribution in [0.1, 0.15) is 37.6 Å². The molecule has 0 spiro atoms. The molecule has 1 amide bonds. The van der Waals surface area contributed by atoms with E-state index in [2.05, 4.69) is 10.5 Å². The molecular weight excluding hydrogens is 389 g/mol. The summed E-state index contributed by atoms with van der Waals surface area (Å²) in [6.45, 7) is 5.02. The molecule has 30 heavy (non-hydrogen) atoms. The number of nitrogens with zero attached hydrogens (tertiary/aromatic N) is 2. The summed E-state index contributed by atoms with van der Waals surface area (Å²) in [5.41, 5.74) is -1.03. The third-order valence-electron chi connectivity index (χ3n) is 4.73. The van der Waals surface area contributed by atoms with Gasteiger partial charge in [-0.25, -0.2) is 13.8 Å². The van der Waals surface area contributed by atoms with E-state index in [0.29, 0.717) is 11.1 Å². The summed E-state index contributed by atoms with van der Waals surface area (Å²) in [5, 5.41) is 6.54. The molecule has 0 aliphatic carbocycles. The van der Waals surface area contributed by atoms with Crippen molar-refractivity contribution in [3.63, 3.8) is 0 Å². The third-order valence-corrected chi connectivity index (χ3v) is 4.73. The van der Waals surface area contributed by atoms with Gasteiger partial charge in [0, 0.05) is 11.1 Å². The highest BCUT2D eigenvalue weighted by Crippen LogP contribution is 2.29. The van der Waals surface area contributed by atoms with Crippen molar-refractivity contribution in [1.82, 2.24) is 15.0 Å². The van der Waals surface area contributed by atoms with E-state index in [1.807, 2.05) is 13.8 Å². The lowest BCUT2D eigenvalue weighted by Gasteiger charge is -2.34. The molecule has 3 aromatic rings. The maximum Gasteiger partial charge on any atom is 0.444 e. The summed E-state index contributed by atoms with van der Waals surface area (Å²) in [6, 6.07) is 13.6. The average Bonchev–Trinajstić information content (AvgIpc) is 3.10. The molecule has 0 bridgehead atoms. The third kappa shape index (κ3) is 4.07. The summed E-state index contributed by atoms with van der Waals surface area (Å²) in [7, 11) is 0. The number of hydrogen-bond acceptors (Lipinski definition) is 5. The van der Waals surface area contributed by atoms with Crippen LogP contribution in [0.2, 0.25) is 0 Å². The highest BCUT2D eigenvalue weighted by molar-refractivity contribution is 5.98. The van der Waals surface area contributed by atoms with Crippen molar-refractivity contribution in [1.29, 1.82) is 0 Å². The minimum Gasteiger partial charge on any atom is -0.322 e. The molecule has 0 fully saturated rings. The second kappa shape index (κ2) is 8.44. The van der Waals surface area contributed by atoms with Gasteiger partial charge in [0.05, 0.1) is 0 Å². The lowest BCUT2D eigenvalue weighted by atomic mass is 9.92. The van der Waals surface area contributed by atoms with E-state index < -0.39 is 28.9 Å². The van der Waals surface area contributed by atoms with Gasteiger partial charge in [0.25, 0.3) is 5.91 Å². The van der Waals surface area contributed by atoms with Crippen LogP contribution in [0, 0.1) is 11.7 Å². The van der Waals surface area contributed by atoms with E-state index in [9.17, 15) is 18.8 Å². The first-order valence-corrected chi connectivity index (χ1v) is 9.48. The number of halogens is 1. The molecule has 1 N–H and O–H groups in total. The highest BCUT2D eigenvalue weighted by Gasteiger charge is 2.44. The van der Waals surface area contributed by atoms with Crippen molar-refractivity contribution in [2.24, 2.45) is 5.92 Å². The second-order valence-electron chi connectivity index (χ2n) is 7.45. The first-order chi connectivity index (χ1) is 14.2. The fraction of sp³-hybridized carbons (Fsp3) is 0.273. The van der Waals surface area contributed by atoms with Crippen molar-refractivity contribution in [2.45, 2.75) is 32.9 Å². The number of carbonyl (C=O) groups is 2. The Morgan fingerprint density at radius 2 is 1.77 bits per heavy atom. The number of amides is 1. The maximum atomic E-state index is 13.4. The number of Topliss-reactive ketones (excluding diaryl/α,β-unsaturated/α-hetero) is 1. The minimum atomic E-state index is -1.73. The summed E-state index contributed by atoms with van der Waals surface area (Å²) in [6.07, 6.45) is 0.121. The molecule has 0 saturated carbocycles. The van der Waals surface area contributed by atoms with Gasteiger partial charge in [0.1, 0.15) is 5.82 Å². The van der Waals surface area contributed by atoms with Crippen molar-refractivity contribution < 1.29 is 18.5 Å². The van der Waals surface area contributed by atoms with Crippen molar-refractivity contribution in [3.05, 3.63) is 76.5 Å². The zero-order valence-electron chi connectivity index (χ0n) is 16.9. The average molecular weight is 411 g/mol. The van der Waals surface area contributed by atoms with Crippen LogP contribution in [-0.2, 0) is 10.5 Å². The van der Waals surface area contributed by atoms with Crippen molar-refractivity contribution in [2.75, 3.05) is 0 Å². The summed E-state index contributed by atoms with van der Waals surface area (Å²) < 4.78 is 19.3. The van der Waals surface area contributed by atoms with Crippen LogP contribution in [-0.4, -0.2) is 21.4 Å². The Kier molecular flexibility index (Phi) is 5.96. The second-order valence-corrected chi connectivity index (χ2v) is 7.45. The topological polar surface area (TPSA) is 94.2 Å². The molecule has 1 heterocycles. The Bertz CT molecular complexity index is 1100. The van der Waals surface area contributed by atoms with Crippen LogP contribution in [0.3, 0.4) is 0 Å². The molecule has 1 aromatic heterocycles. The molecule has 156 valence electrons. The molecule has 0 saturated heterocycles. The first kappa shape index (κ1) is 21.2. The predicted molar refractivity (Wildman–Crippen MR) is 108 cm³/mol. The predicted octanol–water partition coefficient (Wildman–Crippen LogP) is 3.36. The van der Waals surface area contributed by atoms with E-state index >= 15 is 0 Å². The van der Waals surface area contributed by atoms with Gasteiger partial charge in [0.15, 0.2) is 17.3 Å². The molecular formula is C22H22FN3O4. The Balaban J connectivity index is 2.19. The van der Waals surface area contributed by atoms with Gasteiger partial charge >= 0.3 is 5.76 Å². The van der Waals surface area contributed by atoms with Crippen LogP contribution in [0.4, 0.5) is 4.39 Å². The maximum absolute atomic E-state index is 13.4. The monoisotopic (exact) mass is 411 g/mol. The summed E-state index contributed by atoms with van der Waals surface area (Å²) in [4.78, 5) is 38.6. The zero-order valence-corrected chi connectivity index (χ0v) is 16.9. The fourth-order valence-corrected chi connectivity index (χ4v) is 3.40. The quantitative estimate of drug-likeness (QED) is 0.643. The summed E-state index contributed by atoms with van der Waals surface area (Å²) >= 11 is 0. The van der Waals surface area contributed by atoms with Crippen molar-refractivity contribution in [3.8, 4) is 11.4 Å². The lowest BCUT2D eigenvalue weighted by molar-refractivity contribution is -0.128. The van der Waals surface area contributed by atoms with E-state index in [1.165, 1.54) is 31.2 Å². The number of benzene rings is 2. The van der Waals surface area contributed by atoms with Crippen molar-refractivity contribution >= 4 is 11.7 Å². The van der Waals surface area contributed by atoms with Gasteiger partial charge in [-0.1, -0.05) is 37.2 Å². The molecule has 0 aliphatic heterocycles. The standard InChI is InChI=1S/C22H22FN3O4/c1-14(2)13-22(15(3)27,24-20(28)17-7-5-4-6-8-17)26-19(25-30-21(26)29)16-9-11-18(23)12-10-16/h4-12,14H,13H2,1-3H3,(H,24,28). The number of rotatable bonds is 7. The Hall–Kier alpha value is -3.55. The molecule has 7 nitrogen and oxygen atoms in total. The van der Waals surface area contributed by atoms with E-state index in [1.54, 1.807) is 30.3 Å². The van der Waals surface area contributed by atoms with Gasteiger partial charge < -0.3 is 5.32 Å². The van der Waals surface area contributed by atoms with E-state index in [4.69, 9.17) is 4.52 Å². The molecule has 0 aliphatic rings. The summed E-state index contributed by atoms with van der Waals surface area (Å²) in [5.74, 6) is -2.41. The molecule has 1 unspecified atom stereocenters. The number of aromatic nitrogens is 2. The van der Waals surface area contributed by atoms with E-state index in [0.717, 1.165) is 4.57 Å². The number of nitrogens with one attached hydrogen (secondary N) is 1. The van der Waals surface area contributed by atoms with Crippen LogP contribution in [0.5, 0.6) is 0 Å². The Morgan fingerprint density at radius 1 is 1.13 bits per heavy atom. The number of carbonyl (C=O) groups excluding carboxylic acids is 2. The fourth-order valence-electron chi connectivity index (χ4n) is 3.40. The SMILES string of the molecule is CC(=O)C(CC(C)C)(NC(=O)c1ccccc1)n1c(-c2ccc(F)cc2)noc1=O. The van der Waals surface area contributed by atoms with Gasteiger partial charge in [-0.05, 0) is 55.7 Å². The van der Waals surface area contributed by atoms with Gasteiger partial charge in [-0.15, -0.1) is 0 Å². The molecule has 3 rings (SSSR count). The molecule has 2 aromatic carbocycles. The van der Waals surface area contributed by atoms with Gasteiger partial charge in [-0.3, -0.25) is 14.1 Å². The number of hydrogen-bond donors (Lipinski definition) is 1. The largest absolute Gasteiger partial charge is 0.444 e. The van der Waals surface area contributed by atoms with Gasteiger partial charge in [0.2, 0.25) is 0 Å². The smallest absolute Gasteiger partial charge is 0.322 e.